The third-order valence-corrected chi connectivity index (χ3v) is 5.35. The maximum absolute atomic E-state index is 6.21. The van der Waals surface area contributed by atoms with E-state index in [1.165, 1.54) is 12.8 Å². The summed E-state index contributed by atoms with van der Waals surface area (Å²) in [6.45, 7) is 3.17. The summed E-state index contributed by atoms with van der Waals surface area (Å²) in [5, 5.41) is 5.34. The van der Waals surface area contributed by atoms with Gasteiger partial charge in [0.2, 0.25) is 4.77 Å². The predicted octanol–water partition coefficient (Wildman–Crippen LogP) is 4.69. The Labute approximate surface area is 168 Å². The molecule has 0 saturated carbocycles. The van der Waals surface area contributed by atoms with Gasteiger partial charge < -0.3 is 4.74 Å². The van der Waals surface area contributed by atoms with Crippen molar-refractivity contribution in [2.45, 2.75) is 26.1 Å². The number of rotatable bonds is 6. The minimum atomic E-state index is 0.287. The number of para-hydroxylation sites is 2. The van der Waals surface area contributed by atoms with E-state index in [1.54, 1.807) is 0 Å². The van der Waals surface area contributed by atoms with Gasteiger partial charge in [-0.3, -0.25) is 9.47 Å². The van der Waals surface area contributed by atoms with E-state index in [2.05, 4.69) is 4.90 Å². The number of ether oxygens (including phenoxy) is 1. The molecule has 27 heavy (non-hydrogen) atoms. The summed E-state index contributed by atoms with van der Waals surface area (Å²) < 4.78 is 10.5. The average molecular weight is 401 g/mol. The van der Waals surface area contributed by atoms with Crippen LogP contribution in [0.5, 0.6) is 5.75 Å². The van der Waals surface area contributed by atoms with Gasteiger partial charge >= 0.3 is 0 Å². The number of halogens is 1. The number of hydrogen-bond acceptors (Lipinski definition) is 4. The lowest BCUT2D eigenvalue weighted by molar-refractivity contribution is 0.249. The molecule has 0 N–H and O–H groups in total. The molecule has 0 atom stereocenters. The molecule has 1 aliphatic heterocycles. The maximum Gasteiger partial charge on any atom is 0.203 e. The molecule has 1 fully saturated rings. The van der Waals surface area contributed by atoms with Gasteiger partial charge in [-0.15, -0.1) is 0 Å². The highest BCUT2D eigenvalue weighted by atomic mass is 35.5. The summed E-state index contributed by atoms with van der Waals surface area (Å²) in [4.78, 5) is 2.37. The minimum absolute atomic E-state index is 0.287. The van der Waals surface area contributed by atoms with E-state index in [1.807, 2.05) is 63.8 Å². The third-order valence-electron chi connectivity index (χ3n) is 4.65. The van der Waals surface area contributed by atoms with Gasteiger partial charge in [-0.25, -0.2) is 4.68 Å². The zero-order valence-corrected chi connectivity index (χ0v) is 16.5. The summed E-state index contributed by atoms with van der Waals surface area (Å²) in [5.41, 5.74) is 0.980. The highest BCUT2D eigenvalue weighted by Crippen LogP contribution is 2.24. The Kier molecular flexibility index (Phi) is 5.57. The van der Waals surface area contributed by atoms with E-state index in [4.69, 9.17) is 33.7 Å². The van der Waals surface area contributed by atoms with E-state index in [0.717, 1.165) is 24.6 Å². The first kappa shape index (κ1) is 18.2. The van der Waals surface area contributed by atoms with Gasteiger partial charge in [0.25, 0.3) is 0 Å². The molecule has 3 aromatic rings. The van der Waals surface area contributed by atoms with Crippen LogP contribution in [-0.2, 0) is 13.3 Å². The number of likely N-dealkylation sites (tertiary alicyclic amines) is 1. The maximum atomic E-state index is 6.21. The van der Waals surface area contributed by atoms with Crippen LogP contribution in [-0.4, -0.2) is 32.3 Å². The first-order chi connectivity index (χ1) is 13.2. The number of nitrogens with zero attached hydrogens (tertiary/aromatic N) is 4. The van der Waals surface area contributed by atoms with Gasteiger partial charge in [-0.1, -0.05) is 41.9 Å². The average Bonchev–Trinajstić information content (AvgIpc) is 3.30. The van der Waals surface area contributed by atoms with Gasteiger partial charge in [0.15, 0.2) is 5.82 Å². The Morgan fingerprint density at radius 3 is 2.44 bits per heavy atom. The van der Waals surface area contributed by atoms with Gasteiger partial charge in [0.05, 0.1) is 11.7 Å². The number of hydrogen-bond donors (Lipinski definition) is 0. The normalized spacial score (nSPS) is 14.6. The molecular weight excluding hydrogens is 380 g/mol. The van der Waals surface area contributed by atoms with Crippen molar-refractivity contribution in [2.75, 3.05) is 13.1 Å². The molecule has 0 bridgehead atoms. The zero-order chi connectivity index (χ0) is 18.6. The van der Waals surface area contributed by atoms with Gasteiger partial charge in [0.1, 0.15) is 12.4 Å². The fourth-order valence-electron chi connectivity index (χ4n) is 3.29. The summed E-state index contributed by atoms with van der Waals surface area (Å²) in [6, 6.07) is 17.5. The van der Waals surface area contributed by atoms with Crippen molar-refractivity contribution in [1.29, 1.82) is 0 Å². The molecule has 1 saturated heterocycles. The summed E-state index contributed by atoms with van der Waals surface area (Å²) in [6.07, 6.45) is 2.46. The fourth-order valence-corrected chi connectivity index (χ4v) is 3.79. The minimum Gasteiger partial charge on any atom is -0.484 e. The van der Waals surface area contributed by atoms with Crippen LogP contribution >= 0.6 is 23.8 Å². The Morgan fingerprint density at radius 1 is 1.00 bits per heavy atom. The molecule has 1 aliphatic rings. The molecule has 0 aliphatic carbocycles. The first-order valence-corrected chi connectivity index (χ1v) is 9.85. The van der Waals surface area contributed by atoms with Crippen molar-refractivity contribution >= 4 is 23.8 Å². The zero-order valence-electron chi connectivity index (χ0n) is 14.9. The highest BCUT2D eigenvalue weighted by Gasteiger charge is 2.17. The molecule has 0 spiro atoms. The molecule has 4 rings (SSSR count). The van der Waals surface area contributed by atoms with Crippen LogP contribution in [0.3, 0.4) is 0 Å². The van der Waals surface area contributed by atoms with Crippen molar-refractivity contribution in [2.24, 2.45) is 0 Å². The summed E-state index contributed by atoms with van der Waals surface area (Å²) in [5.74, 6) is 1.39. The number of aromatic nitrogens is 3. The van der Waals surface area contributed by atoms with Crippen LogP contribution in [0.4, 0.5) is 0 Å². The van der Waals surface area contributed by atoms with Crippen LogP contribution < -0.4 is 4.74 Å². The largest absolute Gasteiger partial charge is 0.484 e. The Hall–Kier alpha value is -2.15. The van der Waals surface area contributed by atoms with Crippen LogP contribution in [0.15, 0.2) is 54.6 Å². The SMILES string of the molecule is S=c1n(CN2CCCC2)nc(COc2ccccc2Cl)n1-c1ccccc1. The van der Waals surface area contributed by atoms with E-state index >= 15 is 0 Å². The van der Waals surface area contributed by atoms with Crippen molar-refractivity contribution in [3.8, 4) is 11.4 Å². The highest BCUT2D eigenvalue weighted by molar-refractivity contribution is 7.71. The van der Waals surface area contributed by atoms with E-state index < -0.39 is 0 Å². The second-order valence-corrected chi connectivity index (χ2v) is 7.33. The Morgan fingerprint density at radius 2 is 1.70 bits per heavy atom. The summed E-state index contributed by atoms with van der Waals surface area (Å²) >= 11 is 12.0. The van der Waals surface area contributed by atoms with Crippen molar-refractivity contribution in [3.05, 3.63) is 70.2 Å². The lowest BCUT2D eigenvalue weighted by Crippen LogP contribution is -2.23. The molecule has 7 heteroatoms. The molecule has 2 aromatic carbocycles. The molecule has 140 valence electrons. The van der Waals surface area contributed by atoms with Crippen molar-refractivity contribution in [1.82, 2.24) is 19.2 Å². The van der Waals surface area contributed by atoms with E-state index in [0.29, 0.717) is 22.2 Å². The van der Waals surface area contributed by atoms with Crippen LogP contribution in [0, 0.1) is 4.77 Å². The van der Waals surface area contributed by atoms with Crippen LogP contribution in [0.1, 0.15) is 18.7 Å². The van der Waals surface area contributed by atoms with Gasteiger partial charge in [-0.2, -0.15) is 5.10 Å². The first-order valence-electron chi connectivity index (χ1n) is 9.06. The molecule has 0 radical (unpaired) electrons. The van der Waals surface area contributed by atoms with Crippen molar-refractivity contribution in [3.63, 3.8) is 0 Å². The Bertz CT molecular complexity index is 964. The van der Waals surface area contributed by atoms with Gasteiger partial charge in [-0.05, 0) is 62.4 Å². The predicted molar refractivity (Wildman–Crippen MR) is 109 cm³/mol. The Balaban J connectivity index is 1.66. The molecule has 5 nitrogen and oxygen atoms in total. The monoisotopic (exact) mass is 400 g/mol. The standard InChI is InChI=1S/C20H21ClN4OS/c21-17-10-4-5-11-18(17)26-14-19-22-24(15-23-12-6-7-13-23)20(27)25(19)16-8-2-1-3-9-16/h1-5,8-11H,6-7,12-15H2. The lowest BCUT2D eigenvalue weighted by atomic mass is 10.3. The van der Waals surface area contributed by atoms with Gasteiger partial charge in [0, 0.05) is 5.69 Å². The molecule has 2 heterocycles. The molecule has 1 aromatic heterocycles. The van der Waals surface area contributed by atoms with Crippen molar-refractivity contribution < 1.29 is 4.74 Å². The third kappa shape index (κ3) is 4.08. The molecule has 0 amide bonds. The second kappa shape index (κ2) is 8.25. The quantitative estimate of drug-likeness (QED) is 0.562. The summed E-state index contributed by atoms with van der Waals surface area (Å²) in [7, 11) is 0. The van der Waals surface area contributed by atoms with Crippen LogP contribution in [0.25, 0.3) is 5.69 Å². The molecular formula is C20H21ClN4OS. The smallest absolute Gasteiger partial charge is 0.203 e. The topological polar surface area (TPSA) is 35.2 Å². The van der Waals surface area contributed by atoms with E-state index in [-0.39, 0.29) is 6.61 Å². The fraction of sp³-hybridized carbons (Fsp3) is 0.300. The number of benzene rings is 2. The van der Waals surface area contributed by atoms with Crippen LogP contribution in [0.2, 0.25) is 5.02 Å². The molecule has 0 unspecified atom stereocenters. The second-order valence-electron chi connectivity index (χ2n) is 6.55. The van der Waals surface area contributed by atoms with E-state index in [9.17, 15) is 0 Å². The lowest BCUT2D eigenvalue weighted by Gasteiger charge is -2.13.